The molecule has 1 atom stereocenters. The SMILES string of the molecule is O=C(O)CCNC(=O)c1ccc(NC(c2cn(-c3ccccc3)nc2OCc2ccccc2)C2CCCCC2)cc1. The zero-order chi connectivity index (χ0) is 28.4. The average molecular weight is 553 g/mol. The molecule has 212 valence electrons. The van der Waals surface area contributed by atoms with E-state index in [4.69, 9.17) is 14.9 Å². The molecule has 0 aliphatic heterocycles. The van der Waals surface area contributed by atoms with Gasteiger partial charge in [0.15, 0.2) is 0 Å². The van der Waals surface area contributed by atoms with E-state index in [2.05, 4.69) is 16.8 Å². The van der Waals surface area contributed by atoms with Crippen molar-refractivity contribution in [3.63, 3.8) is 0 Å². The lowest BCUT2D eigenvalue weighted by atomic mass is 9.81. The van der Waals surface area contributed by atoms with Crippen LogP contribution in [-0.4, -0.2) is 33.3 Å². The average Bonchev–Trinajstić information content (AvgIpc) is 3.44. The van der Waals surface area contributed by atoms with Crippen LogP contribution in [0.4, 0.5) is 5.69 Å². The van der Waals surface area contributed by atoms with E-state index in [1.54, 1.807) is 12.1 Å². The number of carboxylic acid groups (broad SMARTS) is 1. The third-order valence-electron chi connectivity index (χ3n) is 7.50. The fourth-order valence-electron chi connectivity index (χ4n) is 5.34. The molecular weight excluding hydrogens is 516 g/mol. The molecular formula is C33H36N4O4. The van der Waals surface area contributed by atoms with Gasteiger partial charge < -0.3 is 20.5 Å². The van der Waals surface area contributed by atoms with Gasteiger partial charge in [0, 0.05) is 24.0 Å². The second kappa shape index (κ2) is 13.7. The van der Waals surface area contributed by atoms with E-state index in [1.807, 2.05) is 77.5 Å². The first kappa shape index (κ1) is 28.0. The highest BCUT2D eigenvalue weighted by atomic mass is 16.5. The lowest BCUT2D eigenvalue weighted by Gasteiger charge is -2.31. The molecule has 1 unspecified atom stereocenters. The Morgan fingerprint density at radius 1 is 0.927 bits per heavy atom. The molecule has 5 rings (SSSR count). The number of amides is 1. The van der Waals surface area contributed by atoms with Crippen molar-refractivity contribution in [1.82, 2.24) is 15.1 Å². The van der Waals surface area contributed by atoms with Crippen molar-refractivity contribution in [3.8, 4) is 11.6 Å². The summed E-state index contributed by atoms with van der Waals surface area (Å²) in [6.07, 6.45) is 7.80. The summed E-state index contributed by atoms with van der Waals surface area (Å²) in [6.45, 7) is 0.512. The number of benzene rings is 3. The van der Waals surface area contributed by atoms with Crippen molar-refractivity contribution in [1.29, 1.82) is 0 Å². The Hall–Kier alpha value is -4.59. The maximum Gasteiger partial charge on any atom is 0.305 e. The summed E-state index contributed by atoms with van der Waals surface area (Å²) in [6, 6.07) is 27.4. The first-order chi connectivity index (χ1) is 20.1. The van der Waals surface area contributed by atoms with Crippen LogP contribution in [0.5, 0.6) is 5.88 Å². The van der Waals surface area contributed by atoms with Crippen LogP contribution < -0.4 is 15.4 Å². The number of nitrogens with one attached hydrogen (secondary N) is 2. The zero-order valence-electron chi connectivity index (χ0n) is 23.0. The van der Waals surface area contributed by atoms with E-state index in [-0.39, 0.29) is 24.9 Å². The van der Waals surface area contributed by atoms with Gasteiger partial charge in [-0.1, -0.05) is 67.8 Å². The summed E-state index contributed by atoms with van der Waals surface area (Å²) in [7, 11) is 0. The minimum atomic E-state index is -0.943. The molecule has 4 aromatic rings. The predicted molar refractivity (Wildman–Crippen MR) is 158 cm³/mol. The van der Waals surface area contributed by atoms with Crippen LogP contribution in [-0.2, 0) is 11.4 Å². The van der Waals surface area contributed by atoms with Gasteiger partial charge in [-0.25, -0.2) is 4.68 Å². The van der Waals surface area contributed by atoms with Crippen LogP contribution in [0.1, 0.15) is 66.1 Å². The summed E-state index contributed by atoms with van der Waals surface area (Å²) >= 11 is 0. The Bertz CT molecular complexity index is 1410. The molecule has 0 spiro atoms. The Morgan fingerprint density at radius 2 is 1.61 bits per heavy atom. The second-order valence-corrected chi connectivity index (χ2v) is 10.4. The number of para-hydroxylation sites is 1. The molecule has 1 aliphatic rings. The Morgan fingerprint density at radius 3 is 2.29 bits per heavy atom. The highest BCUT2D eigenvalue weighted by Crippen LogP contribution is 2.40. The molecule has 8 heteroatoms. The summed E-state index contributed by atoms with van der Waals surface area (Å²) < 4.78 is 8.26. The van der Waals surface area contributed by atoms with Gasteiger partial charge in [0.05, 0.1) is 23.7 Å². The van der Waals surface area contributed by atoms with Crippen molar-refractivity contribution in [3.05, 3.63) is 108 Å². The third kappa shape index (κ3) is 7.54. The first-order valence-electron chi connectivity index (χ1n) is 14.2. The van der Waals surface area contributed by atoms with Gasteiger partial charge in [-0.3, -0.25) is 9.59 Å². The van der Waals surface area contributed by atoms with Gasteiger partial charge in [0.1, 0.15) is 6.61 Å². The van der Waals surface area contributed by atoms with E-state index in [1.165, 1.54) is 19.3 Å². The molecule has 1 fully saturated rings. The van der Waals surface area contributed by atoms with Gasteiger partial charge in [0.25, 0.3) is 5.91 Å². The van der Waals surface area contributed by atoms with Gasteiger partial charge in [-0.05, 0) is 60.7 Å². The van der Waals surface area contributed by atoms with Gasteiger partial charge in [0.2, 0.25) is 5.88 Å². The molecule has 8 nitrogen and oxygen atoms in total. The van der Waals surface area contributed by atoms with E-state index in [0.717, 1.165) is 35.3 Å². The number of hydrogen-bond acceptors (Lipinski definition) is 5. The summed E-state index contributed by atoms with van der Waals surface area (Å²) in [5, 5.41) is 20.1. The lowest BCUT2D eigenvalue weighted by molar-refractivity contribution is -0.136. The molecule has 1 aliphatic carbocycles. The molecule has 1 saturated carbocycles. The number of hydrogen-bond donors (Lipinski definition) is 3. The molecule has 0 radical (unpaired) electrons. The summed E-state index contributed by atoms with van der Waals surface area (Å²) in [5.41, 5.74) is 4.42. The first-order valence-corrected chi connectivity index (χ1v) is 14.2. The van der Waals surface area contributed by atoms with Crippen molar-refractivity contribution < 1.29 is 19.4 Å². The van der Waals surface area contributed by atoms with E-state index < -0.39 is 5.97 Å². The fourth-order valence-corrected chi connectivity index (χ4v) is 5.34. The monoisotopic (exact) mass is 552 g/mol. The largest absolute Gasteiger partial charge is 0.481 e. The van der Waals surface area contributed by atoms with Crippen LogP contribution >= 0.6 is 0 Å². The minimum absolute atomic E-state index is 0.0335. The smallest absolute Gasteiger partial charge is 0.305 e. The van der Waals surface area contributed by atoms with Crippen LogP contribution in [0, 0.1) is 5.92 Å². The van der Waals surface area contributed by atoms with Crippen LogP contribution in [0.15, 0.2) is 91.1 Å². The quantitative estimate of drug-likeness (QED) is 0.188. The topological polar surface area (TPSA) is 105 Å². The molecule has 0 bridgehead atoms. The Kier molecular flexibility index (Phi) is 9.31. The highest BCUT2D eigenvalue weighted by Gasteiger charge is 2.30. The van der Waals surface area contributed by atoms with Crippen LogP contribution in [0.25, 0.3) is 5.69 Å². The summed E-state index contributed by atoms with van der Waals surface area (Å²) in [4.78, 5) is 23.2. The van der Waals surface area contributed by atoms with Crippen LogP contribution in [0.3, 0.4) is 0 Å². The van der Waals surface area contributed by atoms with E-state index in [0.29, 0.717) is 24.0 Å². The fraction of sp³-hybridized carbons (Fsp3) is 0.303. The number of nitrogens with zero attached hydrogens (tertiary/aromatic N) is 2. The van der Waals surface area contributed by atoms with Gasteiger partial charge in [-0.15, -0.1) is 5.10 Å². The molecule has 0 saturated heterocycles. The third-order valence-corrected chi connectivity index (χ3v) is 7.50. The number of rotatable bonds is 12. The Labute approximate surface area is 240 Å². The number of ether oxygens (including phenoxy) is 1. The number of aromatic nitrogens is 2. The normalized spacial score (nSPS) is 14.2. The standard InChI is InChI=1S/C33H36N4O4/c38-30(39)20-21-34-32(40)26-16-18-27(19-17-26)35-31(25-12-6-2-7-13-25)29-22-37(28-14-8-3-9-15-28)36-33(29)41-23-24-10-4-1-5-11-24/h1,3-5,8-11,14-19,22,25,31,35H,2,6-7,12-13,20-21,23H2,(H,34,40)(H,38,39). The molecule has 1 amide bonds. The number of aliphatic carboxylic acids is 1. The highest BCUT2D eigenvalue weighted by molar-refractivity contribution is 5.94. The predicted octanol–water partition coefficient (Wildman–Crippen LogP) is 6.39. The van der Waals surface area contributed by atoms with Crippen molar-refractivity contribution >= 4 is 17.6 Å². The molecule has 1 aromatic heterocycles. The van der Waals surface area contributed by atoms with Crippen molar-refractivity contribution in [2.45, 2.75) is 51.2 Å². The van der Waals surface area contributed by atoms with E-state index >= 15 is 0 Å². The lowest BCUT2D eigenvalue weighted by Crippen LogP contribution is -2.26. The number of anilines is 1. The minimum Gasteiger partial charge on any atom is -0.481 e. The second-order valence-electron chi connectivity index (χ2n) is 10.4. The molecule has 1 heterocycles. The maximum absolute atomic E-state index is 12.4. The molecule has 3 N–H and O–H groups in total. The molecule has 3 aromatic carbocycles. The van der Waals surface area contributed by atoms with Gasteiger partial charge in [-0.2, -0.15) is 0 Å². The van der Waals surface area contributed by atoms with Crippen molar-refractivity contribution in [2.75, 3.05) is 11.9 Å². The summed E-state index contributed by atoms with van der Waals surface area (Å²) in [5.74, 6) is -0.228. The number of carbonyl (C=O) groups is 2. The number of carboxylic acids is 1. The maximum atomic E-state index is 12.4. The van der Waals surface area contributed by atoms with E-state index in [9.17, 15) is 9.59 Å². The number of carbonyl (C=O) groups excluding carboxylic acids is 1. The van der Waals surface area contributed by atoms with Crippen molar-refractivity contribution in [2.24, 2.45) is 5.92 Å². The molecule has 41 heavy (non-hydrogen) atoms. The van der Waals surface area contributed by atoms with Crippen LogP contribution in [0.2, 0.25) is 0 Å². The Balaban J connectivity index is 1.42. The van der Waals surface area contributed by atoms with Gasteiger partial charge >= 0.3 is 5.97 Å². The zero-order valence-corrected chi connectivity index (χ0v) is 23.0.